The van der Waals surface area contributed by atoms with Gasteiger partial charge in [-0.1, -0.05) is 39.0 Å². The standard InChI is InChI=1S/C18H29NO/c1-4-12-19-17(15-10-11-15)13-20-18-9-7-6-8-16(18)14(3)5-2/h6-9,14-15,17,19H,4-5,10-13H2,1-3H3. The Kier molecular flexibility index (Phi) is 5.90. The number of hydrogen-bond donors (Lipinski definition) is 1. The largest absolute Gasteiger partial charge is 0.492 e. The normalized spacial score (nSPS) is 17.8. The predicted octanol–water partition coefficient (Wildman–Crippen LogP) is 4.36. The van der Waals surface area contributed by atoms with Gasteiger partial charge in [0.05, 0.1) is 0 Å². The van der Waals surface area contributed by atoms with E-state index in [9.17, 15) is 0 Å². The van der Waals surface area contributed by atoms with Crippen molar-refractivity contribution in [2.24, 2.45) is 5.92 Å². The third-order valence-electron chi connectivity index (χ3n) is 4.33. The molecule has 2 atom stereocenters. The summed E-state index contributed by atoms with van der Waals surface area (Å²) in [4.78, 5) is 0. The topological polar surface area (TPSA) is 21.3 Å². The van der Waals surface area contributed by atoms with Crippen molar-refractivity contribution in [1.82, 2.24) is 5.32 Å². The predicted molar refractivity (Wildman–Crippen MR) is 85.4 cm³/mol. The first-order chi connectivity index (χ1) is 9.76. The third-order valence-corrected chi connectivity index (χ3v) is 4.33. The van der Waals surface area contributed by atoms with E-state index in [0.29, 0.717) is 12.0 Å². The van der Waals surface area contributed by atoms with Crippen LogP contribution < -0.4 is 10.1 Å². The highest BCUT2D eigenvalue weighted by atomic mass is 16.5. The van der Waals surface area contributed by atoms with Crippen molar-refractivity contribution in [3.05, 3.63) is 29.8 Å². The van der Waals surface area contributed by atoms with Crippen LogP contribution in [0.2, 0.25) is 0 Å². The van der Waals surface area contributed by atoms with Crippen molar-refractivity contribution in [2.75, 3.05) is 13.2 Å². The van der Waals surface area contributed by atoms with Crippen LogP contribution in [0.3, 0.4) is 0 Å². The average Bonchev–Trinajstić information content (AvgIpc) is 3.31. The van der Waals surface area contributed by atoms with Gasteiger partial charge in [0, 0.05) is 6.04 Å². The maximum absolute atomic E-state index is 6.16. The van der Waals surface area contributed by atoms with Gasteiger partial charge in [0.15, 0.2) is 0 Å². The lowest BCUT2D eigenvalue weighted by Crippen LogP contribution is -2.37. The van der Waals surface area contributed by atoms with Gasteiger partial charge in [0.2, 0.25) is 0 Å². The lowest BCUT2D eigenvalue weighted by atomic mass is 9.98. The van der Waals surface area contributed by atoms with E-state index in [4.69, 9.17) is 4.74 Å². The van der Waals surface area contributed by atoms with Crippen LogP contribution in [-0.4, -0.2) is 19.2 Å². The molecule has 2 unspecified atom stereocenters. The molecule has 1 fully saturated rings. The van der Waals surface area contributed by atoms with Gasteiger partial charge in [-0.05, 0) is 55.7 Å². The molecule has 0 saturated heterocycles. The molecular formula is C18H29NO. The Morgan fingerprint density at radius 1 is 1.25 bits per heavy atom. The monoisotopic (exact) mass is 275 g/mol. The molecule has 1 N–H and O–H groups in total. The smallest absolute Gasteiger partial charge is 0.122 e. The Balaban J connectivity index is 1.95. The molecule has 1 aromatic rings. The number of para-hydroxylation sites is 1. The van der Waals surface area contributed by atoms with E-state index in [0.717, 1.165) is 31.2 Å². The molecule has 1 aromatic carbocycles. The second kappa shape index (κ2) is 7.68. The first-order valence-electron chi connectivity index (χ1n) is 8.21. The molecule has 0 heterocycles. The number of benzene rings is 1. The van der Waals surface area contributed by atoms with Crippen molar-refractivity contribution in [3.8, 4) is 5.75 Å². The zero-order chi connectivity index (χ0) is 14.4. The summed E-state index contributed by atoms with van der Waals surface area (Å²) in [6.45, 7) is 8.62. The minimum Gasteiger partial charge on any atom is -0.492 e. The van der Waals surface area contributed by atoms with Crippen LogP contribution in [0.25, 0.3) is 0 Å². The van der Waals surface area contributed by atoms with Crippen molar-refractivity contribution in [3.63, 3.8) is 0 Å². The number of rotatable bonds is 9. The summed E-state index contributed by atoms with van der Waals surface area (Å²) in [7, 11) is 0. The Bertz CT molecular complexity index is 400. The minimum atomic E-state index is 0.528. The van der Waals surface area contributed by atoms with E-state index in [1.54, 1.807) is 0 Å². The molecule has 20 heavy (non-hydrogen) atoms. The van der Waals surface area contributed by atoms with Crippen LogP contribution in [0, 0.1) is 5.92 Å². The average molecular weight is 275 g/mol. The molecular weight excluding hydrogens is 246 g/mol. The molecule has 112 valence electrons. The van der Waals surface area contributed by atoms with Crippen LogP contribution in [0.5, 0.6) is 5.75 Å². The van der Waals surface area contributed by atoms with Crippen LogP contribution in [0.4, 0.5) is 0 Å². The molecule has 2 heteroatoms. The number of ether oxygens (including phenoxy) is 1. The van der Waals surface area contributed by atoms with Gasteiger partial charge in [0.1, 0.15) is 12.4 Å². The molecule has 0 bridgehead atoms. The summed E-state index contributed by atoms with van der Waals surface area (Å²) < 4.78 is 6.16. The van der Waals surface area contributed by atoms with Gasteiger partial charge in [-0.2, -0.15) is 0 Å². The van der Waals surface area contributed by atoms with Crippen LogP contribution in [0.1, 0.15) is 57.9 Å². The lowest BCUT2D eigenvalue weighted by molar-refractivity contribution is 0.246. The van der Waals surface area contributed by atoms with E-state index in [2.05, 4.69) is 50.4 Å². The molecule has 0 aromatic heterocycles. The summed E-state index contributed by atoms with van der Waals surface area (Å²) >= 11 is 0. The Labute approximate surface area is 123 Å². The maximum Gasteiger partial charge on any atom is 0.122 e. The summed E-state index contributed by atoms with van der Waals surface area (Å²) in [5.74, 6) is 2.47. The van der Waals surface area contributed by atoms with Crippen LogP contribution >= 0.6 is 0 Å². The van der Waals surface area contributed by atoms with Crippen molar-refractivity contribution in [2.45, 2.75) is 58.4 Å². The highest BCUT2D eigenvalue weighted by molar-refractivity contribution is 5.35. The van der Waals surface area contributed by atoms with Crippen molar-refractivity contribution in [1.29, 1.82) is 0 Å². The molecule has 0 aliphatic heterocycles. The lowest BCUT2D eigenvalue weighted by Gasteiger charge is -2.21. The summed E-state index contributed by atoms with van der Waals surface area (Å²) in [6, 6.07) is 9.04. The second-order valence-electron chi connectivity index (χ2n) is 6.06. The molecule has 0 spiro atoms. The fraction of sp³-hybridized carbons (Fsp3) is 0.667. The third kappa shape index (κ3) is 4.24. The summed E-state index contributed by atoms with van der Waals surface area (Å²) in [6.07, 6.45) is 5.06. The SMILES string of the molecule is CCCNC(COc1ccccc1C(C)CC)C1CC1. The van der Waals surface area contributed by atoms with Gasteiger partial charge in [-0.25, -0.2) is 0 Å². The zero-order valence-corrected chi connectivity index (χ0v) is 13.2. The maximum atomic E-state index is 6.16. The fourth-order valence-electron chi connectivity index (χ4n) is 2.61. The zero-order valence-electron chi connectivity index (χ0n) is 13.2. The molecule has 2 nitrogen and oxygen atoms in total. The summed E-state index contributed by atoms with van der Waals surface area (Å²) in [5, 5.41) is 3.64. The minimum absolute atomic E-state index is 0.528. The highest BCUT2D eigenvalue weighted by Crippen LogP contribution is 2.34. The van der Waals surface area contributed by atoms with Gasteiger partial charge in [0.25, 0.3) is 0 Å². The van der Waals surface area contributed by atoms with Gasteiger partial charge < -0.3 is 10.1 Å². The van der Waals surface area contributed by atoms with E-state index < -0.39 is 0 Å². The first kappa shape index (κ1) is 15.4. The van der Waals surface area contributed by atoms with E-state index in [1.165, 1.54) is 24.8 Å². The van der Waals surface area contributed by atoms with Gasteiger partial charge in [-0.15, -0.1) is 0 Å². The molecule has 1 saturated carbocycles. The van der Waals surface area contributed by atoms with Gasteiger partial charge >= 0.3 is 0 Å². The van der Waals surface area contributed by atoms with E-state index in [1.807, 2.05) is 0 Å². The summed E-state index contributed by atoms with van der Waals surface area (Å²) in [5.41, 5.74) is 1.35. The van der Waals surface area contributed by atoms with Crippen LogP contribution in [0.15, 0.2) is 24.3 Å². The Hall–Kier alpha value is -1.02. The highest BCUT2D eigenvalue weighted by Gasteiger charge is 2.31. The second-order valence-corrected chi connectivity index (χ2v) is 6.06. The van der Waals surface area contributed by atoms with Crippen LogP contribution in [-0.2, 0) is 0 Å². The molecule has 1 aliphatic rings. The first-order valence-corrected chi connectivity index (χ1v) is 8.21. The van der Waals surface area contributed by atoms with Gasteiger partial charge in [-0.3, -0.25) is 0 Å². The number of hydrogen-bond acceptors (Lipinski definition) is 2. The molecule has 0 amide bonds. The fourth-order valence-corrected chi connectivity index (χ4v) is 2.61. The quantitative estimate of drug-likeness (QED) is 0.723. The Morgan fingerprint density at radius 2 is 2.00 bits per heavy atom. The van der Waals surface area contributed by atoms with E-state index in [-0.39, 0.29) is 0 Å². The Morgan fingerprint density at radius 3 is 2.65 bits per heavy atom. The van der Waals surface area contributed by atoms with E-state index >= 15 is 0 Å². The van der Waals surface area contributed by atoms with Crippen molar-refractivity contribution < 1.29 is 4.74 Å². The molecule has 2 rings (SSSR count). The molecule has 1 aliphatic carbocycles. The molecule has 0 radical (unpaired) electrons. The van der Waals surface area contributed by atoms with Crippen molar-refractivity contribution >= 4 is 0 Å². The number of nitrogens with one attached hydrogen (secondary N) is 1.